The molecule has 15 heavy (non-hydrogen) atoms. The maximum Gasteiger partial charge on any atom is 0.376 e. The van der Waals surface area contributed by atoms with E-state index in [9.17, 15) is 9.59 Å². The summed E-state index contributed by atoms with van der Waals surface area (Å²) in [7, 11) is 0. The van der Waals surface area contributed by atoms with E-state index in [1.54, 1.807) is 0 Å². The number of carboxylic acids is 1. The molecule has 0 fully saturated rings. The Morgan fingerprint density at radius 1 is 1.47 bits per heavy atom. The molecule has 0 saturated carbocycles. The Balaban J connectivity index is 2.91. The van der Waals surface area contributed by atoms with Gasteiger partial charge in [-0.25, -0.2) is 4.79 Å². The van der Waals surface area contributed by atoms with Crippen molar-refractivity contribution in [1.29, 1.82) is 0 Å². The summed E-state index contributed by atoms with van der Waals surface area (Å²) >= 11 is 0. The second-order valence-electron chi connectivity index (χ2n) is 4.18. The highest BCUT2D eigenvalue weighted by Crippen LogP contribution is 2.33. The highest BCUT2D eigenvalue weighted by atomic mass is 16.4. The molecule has 0 aromatic rings. The minimum Gasteiger partial charge on any atom is -0.475 e. The first-order valence-electron chi connectivity index (χ1n) is 5.05. The van der Waals surface area contributed by atoms with Gasteiger partial charge in [0.15, 0.2) is 0 Å². The molecular formula is C12H16O3. The summed E-state index contributed by atoms with van der Waals surface area (Å²) in [5.74, 6) is -1.85. The average molecular weight is 208 g/mol. The number of allylic oxidation sites excluding steroid dienone is 2. The van der Waals surface area contributed by atoms with Crippen LogP contribution in [-0.2, 0) is 9.59 Å². The standard InChI is InChI=1S/C12H16O3/c1-7(2)9-5-4-8(3)10(6-9)11(13)12(14)15/h9H,1,4-6H2,2-3H3,(H,14,15)/t9-/m1/s1. The minimum atomic E-state index is -1.35. The first-order valence-corrected chi connectivity index (χ1v) is 5.05. The quantitative estimate of drug-likeness (QED) is 0.572. The van der Waals surface area contributed by atoms with Gasteiger partial charge in [0.25, 0.3) is 5.78 Å². The molecule has 1 aliphatic carbocycles. The molecule has 0 amide bonds. The second-order valence-corrected chi connectivity index (χ2v) is 4.18. The van der Waals surface area contributed by atoms with Crippen LogP contribution >= 0.6 is 0 Å². The van der Waals surface area contributed by atoms with Crippen molar-refractivity contribution >= 4 is 11.8 Å². The third kappa shape index (κ3) is 2.55. The highest BCUT2D eigenvalue weighted by Gasteiger charge is 2.27. The third-order valence-corrected chi connectivity index (χ3v) is 3.00. The number of aliphatic carboxylic acids is 1. The van der Waals surface area contributed by atoms with Gasteiger partial charge in [0.1, 0.15) is 0 Å². The van der Waals surface area contributed by atoms with Crippen molar-refractivity contribution in [3.05, 3.63) is 23.3 Å². The Morgan fingerprint density at radius 3 is 2.53 bits per heavy atom. The second kappa shape index (κ2) is 4.43. The number of rotatable bonds is 3. The number of carbonyl (C=O) groups is 2. The zero-order valence-corrected chi connectivity index (χ0v) is 9.17. The predicted molar refractivity (Wildman–Crippen MR) is 57.5 cm³/mol. The molecule has 3 heteroatoms. The fourth-order valence-corrected chi connectivity index (χ4v) is 1.90. The van der Waals surface area contributed by atoms with Gasteiger partial charge in [-0.1, -0.05) is 17.7 Å². The molecule has 1 atom stereocenters. The zero-order chi connectivity index (χ0) is 11.6. The molecular weight excluding hydrogens is 192 g/mol. The van der Waals surface area contributed by atoms with Crippen LogP contribution < -0.4 is 0 Å². The van der Waals surface area contributed by atoms with Crippen LogP contribution in [0.4, 0.5) is 0 Å². The number of hydrogen-bond acceptors (Lipinski definition) is 2. The molecule has 0 aliphatic heterocycles. The number of ketones is 1. The Morgan fingerprint density at radius 2 is 2.07 bits per heavy atom. The lowest BCUT2D eigenvalue weighted by Crippen LogP contribution is -2.22. The van der Waals surface area contributed by atoms with Crippen LogP contribution in [0.1, 0.15) is 33.1 Å². The van der Waals surface area contributed by atoms with Crippen molar-refractivity contribution in [2.75, 3.05) is 0 Å². The molecule has 1 rings (SSSR count). The number of carboxylic acid groups (broad SMARTS) is 1. The van der Waals surface area contributed by atoms with Gasteiger partial charge in [-0.3, -0.25) is 4.79 Å². The molecule has 0 radical (unpaired) electrons. The van der Waals surface area contributed by atoms with E-state index in [-0.39, 0.29) is 5.92 Å². The highest BCUT2D eigenvalue weighted by molar-refractivity contribution is 6.39. The van der Waals surface area contributed by atoms with Gasteiger partial charge in [-0.2, -0.15) is 0 Å². The molecule has 0 aromatic heterocycles. The Kier molecular flexibility index (Phi) is 3.45. The number of carbonyl (C=O) groups excluding carboxylic acids is 1. The van der Waals surface area contributed by atoms with Crippen LogP contribution in [-0.4, -0.2) is 16.9 Å². The zero-order valence-electron chi connectivity index (χ0n) is 9.17. The minimum absolute atomic E-state index is 0.256. The summed E-state index contributed by atoms with van der Waals surface area (Å²) in [4.78, 5) is 22.0. The van der Waals surface area contributed by atoms with Gasteiger partial charge in [-0.15, -0.1) is 0 Å². The monoisotopic (exact) mass is 208 g/mol. The van der Waals surface area contributed by atoms with Crippen LogP contribution in [0, 0.1) is 5.92 Å². The van der Waals surface area contributed by atoms with Crippen molar-refractivity contribution in [1.82, 2.24) is 0 Å². The van der Waals surface area contributed by atoms with Crippen molar-refractivity contribution < 1.29 is 14.7 Å². The molecule has 0 saturated heterocycles. The first-order chi connectivity index (χ1) is 6.93. The van der Waals surface area contributed by atoms with Crippen LogP contribution in [0.2, 0.25) is 0 Å². The van der Waals surface area contributed by atoms with Gasteiger partial charge in [0, 0.05) is 5.57 Å². The molecule has 1 aliphatic rings. The summed E-state index contributed by atoms with van der Waals surface area (Å²) in [5, 5.41) is 8.67. The van der Waals surface area contributed by atoms with E-state index in [1.807, 2.05) is 13.8 Å². The van der Waals surface area contributed by atoms with Crippen molar-refractivity contribution in [2.45, 2.75) is 33.1 Å². The SMILES string of the molecule is C=C(C)[C@@H]1CCC(C)=C(C(=O)C(=O)O)C1. The lowest BCUT2D eigenvalue weighted by Gasteiger charge is -2.24. The maximum absolute atomic E-state index is 11.4. The van der Waals surface area contributed by atoms with Crippen molar-refractivity contribution in [3.8, 4) is 0 Å². The van der Waals surface area contributed by atoms with Crippen LogP contribution in [0.3, 0.4) is 0 Å². The molecule has 1 N–H and O–H groups in total. The predicted octanol–water partition coefficient (Wildman–Crippen LogP) is 2.33. The first kappa shape index (κ1) is 11.7. The van der Waals surface area contributed by atoms with Gasteiger partial charge in [-0.05, 0) is 39.0 Å². The van der Waals surface area contributed by atoms with Crippen LogP contribution in [0.15, 0.2) is 23.3 Å². The topological polar surface area (TPSA) is 54.4 Å². The van der Waals surface area contributed by atoms with E-state index in [4.69, 9.17) is 5.11 Å². The lowest BCUT2D eigenvalue weighted by molar-refractivity contribution is -0.147. The third-order valence-electron chi connectivity index (χ3n) is 3.00. The van der Waals surface area contributed by atoms with Gasteiger partial charge in [0.05, 0.1) is 0 Å². The summed E-state index contributed by atoms with van der Waals surface area (Å²) in [6.45, 7) is 7.62. The molecule has 0 bridgehead atoms. The van der Waals surface area contributed by atoms with Gasteiger partial charge in [0.2, 0.25) is 0 Å². The van der Waals surface area contributed by atoms with E-state index in [2.05, 4.69) is 6.58 Å². The lowest BCUT2D eigenvalue weighted by atomic mass is 9.80. The smallest absolute Gasteiger partial charge is 0.376 e. The van der Waals surface area contributed by atoms with E-state index in [1.165, 1.54) is 0 Å². The molecule has 0 heterocycles. The molecule has 0 unspecified atom stereocenters. The summed E-state index contributed by atoms with van der Waals surface area (Å²) < 4.78 is 0. The average Bonchev–Trinajstić information content (AvgIpc) is 2.16. The molecule has 0 spiro atoms. The van der Waals surface area contributed by atoms with Crippen LogP contribution in [0.5, 0.6) is 0 Å². The summed E-state index contributed by atoms with van der Waals surface area (Å²) in [5.41, 5.74) is 2.42. The molecule has 82 valence electrons. The molecule has 0 aromatic carbocycles. The normalized spacial score (nSPS) is 21.3. The number of Topliss-reactive ketones (excluding diaryl/α,β-unsaturated/α-hetero) is 1. The molecule has 3 nitrogen and oxygen atoms in total. The van der Waals surface area contributed by atoms with E-state index < -0.39 is 11.8 Å². The fraction of sp³-hybridized carbons (Fsp3) is 0.500. The summed E-state index contributed by atoms with van der Waals surface area (Å²) in [6.07, 6.45) is 2.30. The van der Waals surface area contributed by atoms with Gasteiger partial charge >= 0.3 is 5.97 Å². The fourth-order valence-electron chi connectivity index (χ4n) is 1.90. The van der Waals surface area contributed by atoms with E-state index in [0.29, 0.717) is 12.0 Å². The summed E-state index contributed by atoms with van der Waals surface area (Å²) in [6, 6.07) is 0. The van der Waals surface area contributed by atoms with E-state index >= 15 is 0 Å². The van der Waals surface area contributed by atoms with E-state index in [0.717, 1.165) is 24.0 Å². The van der Waals surface area contributed by atoms with Crippen molar-refractivity contribution in [2.24, 2.45) is 5.92 Å². The number of hydrogen-bond donors (Lipinski definition) is 1. The Labute approximate surface area is 89.5 Å². The Hall–Kier alpha value is -1.38. The van der Waals surface area contributed by atoms with Gasteiger partial charge < -0.3 is 5.11 Å². The maximum atomic E-state index is 11.4. The largest absolute Gasteiger partial charge is 0.475 e. The van der Waals surface area contributed by atoms with Crippen LogP contribution in [0.25, 0.3) is 0 Å². The Bertz CT molecular complexity index is 350. The van der Waals surface area contributed by atoms with Crippen molar-refractivity contribution in [3.63, 3.8) is 0 Å².